The van der Waals surface area contributed by atoms with Gasteiger partial charge < -0.3 is 0 Å². The molecule has 0 saturated carbocycles. The Morgan fingerprint density at radius 3 is 1.85 bits per heavy atom. The van der Waals surface area contributed by atoms with Gasteiger partial charge in [0, 0.05) is 12.4 Å². The maximum Gasteiger partial charge on any atom is 0.307 e. The summed E-state index contributed by atoms with van der Waals surface area (Å²) in [6.07, 6.45) is 3.66. The molecule has 0 saturated heterocycles. The van der Waals surface area contributed by atoms with Gasteiger partial charge in [-0.25, -0.2) is 4.98 Å². The Morgan fingerprint density at radius 1 is 0.950 bits per heavy atom. The molecule has 0 amide bonds. The molecule has 0 spiro atoms. The van der Waals surface area contributed by atoms with Crippen LogP contribution in [0.1, 0.15) is 0 Å². The summed E-state index contributed by atoms with van der Waals surface area (Å²) in [5.41, 5.74) is -2.61. The van der Waals surface area contributed by atoms with E-state index < -0.39 is 31.8 Å². The zero-order valence-corrected chi connectivity index (χ0v) is 9.57. The average Bonchev–Trinajstić information content (AvgIpc) is 2.90. The van der Waals surface area contributed by atoms with Gasteiger partial charge in [0.05, 0.1) is 33.2 Å². The third-order valence-electron chi connectivity index (χ3n) is 2.42. The van der Waals surface area contributed by atoms with Gasteiger partial charge in [-0.2, -0.15) is 0 Å². The maximum absolute atomic E-state index is 11.0. The lowest BCUT2D eigenvalue weighted by atomic mass is 10.2. The predicted octanol–water partition coefficient (Wildman–Crippen LogP) is 1.60. The van der Waals surface area contributed by atoms with Crippen molar-refractivity contribution < 1.29 is 14.8 Å². The summed E-state index contributed by atoms with van der Waals surface area (Å²) in [6.45, 7) is 0. The average molecular weight is 279 g/mol. The van der Waals surface area contributed by atoms with E-state index in [1.807, 2.05) is 0 Å². The molecule has 102 valence electrons. The van der Waals surface area contributed by atoms with E-state index in [0.29, 0.717) is 12.1 Å². The van der Waals surface area contributed by atoms with Gasteiger partial charge in [-0.3, -0.25) is 34.9 Å². The number of nitro benzene ring substituents is 3. The zero-order valence-electron chi connectivity index (χ0n) is 9.57. The summed E-state index contributed by atoms with van der Waals surface area (Å²) < 4.78 is 1.06. The van der Waals surface area contributed by atoms with Gasteiger partial charge in [0.25, 0.3) is 5.69 Å². The number of imidazole rings is 1. The second-order valence-electron chi connectivity index (χ2n) is 3.57. The molecule has 2 aromatic rings. The SMILES string of the molecule is O=[N+]([O-])c1cc([N+](=O)[O-])c(-n2ccnc2)c([N+](=O)[O-])c1. The highest BCUT2D eigenvalue weighted by molar-refractivity contribution is 5.69. The normalized spacial score (nSPS) is 10.2. The van der Waals surface area contributed by atoms with Crippen molar-refractivity contribution in [3.63, 3.8) is 0 Å². The van der Waals surface area contributed by atoms with Gasteiger partial charge >= 0.3 is 11.4 Å². The van der Waals surface area contributed by atoms with E-state index >= 15 is 0 Å². The molecule has 20 heavy (non-hydrogen) atoms. The number of non-ortho nitro benzene ring substituents is 1. The van der Waals surface area contributed by atoms with Gasteiger partial charge in [-0.05, 0) is 0 Å². The molecular weight excluding hydrogens is 274 g/mol. The van der Waals surface area contributed by atoms with Gasteiger partial charge in [0.1, 0.15) is 0 Å². The summed E-state index contributed by atoms with van der Waals surface area (Å²) in [6, 6.07) is 1.34. The molecule has 11 nitrogen and oxygen atoms in total. The lowest BCUT2D eigenvalue weighted by molar-refractivity contribution is -0.402. The zero-order chi connectivity index (χ0) is 14.9. The molecule has 0 fully saturated rings. The van der Waals surface area contributed by atoms with E-state index in [9.17, 15) is 30.3 Å². The number of benzene rings is 1. The van der Waals surface area contributed by atoms with Crippen LogP contribution in [0.15, 0.2) is 30.9 Å². The van der Waals surface area contributed by atoms with E-state index in [1.165, 1.54) is 12.4 Å². The van der Waals surface area contributed by atoms with Crippen molar-refractivity contribution in [2.24, 2.45) is 0 Å². The Morgan fingerprint density at radius 2 is 1.50 bits per heavy atom. The monoisotopic (exact) mass is 279 g/mol. The van der Waals surface area contributed by atoms with E-state index in [0.717, 1.165) is 10.9 Å². The molecule has 0 radical (unpaired) electrons. The van der Waals surface area contributed by atoms with E-state index in [2.05, 4.69) is 4.98 Å². The summed E-state index contributed by atoms with van der Waals surface area (Å²) in [5, 5.41) is 32.7. The van der Waals surface area contributed by atoms with Crippen LogP contribution in [0.4, 0.5) is 17.1 Å². The number of hydrogen-bond acceptors (Lipinski definition) is 7. The van der Waals surface area contributed by atoms with Gasteiger partial charge in [0.15, 0.2) is 0 Å². The molecular formula is C9H5N5O6. The summed E-state index contributed by atoms with van der Waals surface area (Å²) in [7, 11) is 0. The first-order valence-corrected chi connectivity index (χ1v) is 5.01. The molecule has 0 N–H and O–H groups in total. The van der Waals surface area contributed by atoms with Crippen molar-refractivity contribution in [3.05, 3.63) is 61.2 Å². The molecule has 0 bridgehead atoms. The number of aromatic nitrogens is 2. The van der Waals surface area contributed by atoms with Crippen molar-refractivity contribution >= 4 is 17.1 Å². The van der Waals surface area contributed by atoms with Crippen LogP contribution in [-0.4, -0.2) is 24.3 Å². The van der Waals surface area contributed by atoms with Crippen molar-refractivity contribution in [3.8, 4) is 5.69 Å². The minimum absolute atomic E-state index is 0.386. The van der Waals surface area contributed by atoms with E-state index in [1.54, 1.807) is 0 Å². The quantitative estimate of drug-likeness (QED) is 0.609. The Labute approximate surface area is 109 Å². The molecule has 0 aliphatic heterocycles. The highest BCUT2D eigenvalue weighted by atomic mass is 16.6. The smallest absolute Gasteiger partial charge is 0.294 e. The molecule has 2 rings (SSSR count). The molecule has 0 unspecified atom stereocenters. The Bertz CT molecular complexity index is 675. The van der Waals surface area contributed by atoms with Crippen molar-refractivity contribution in [1.29, 1.82) is 0 Å². The van der Waals surface area contributed by atoms with Crippen LogP contribution in [-0.2, 0) is 0 Å². The largest absolute Gasteiger partial charge is 0.307 e. The third kappa shape index (κ3) is 2.14. The van der Waals surface area contributed by atoms with Crippen LogP contribution in [0.25, 0.3) is 5.69 Å². The predicted molar refractivity (Wildman–Crippen MR) is 63.5 cm³/mol. The molecule has 0 aliphatic rings. The second-order valence-corrected chi connectivity index (χ2v) is 3.57. The van der Waals surface area contributed by atoms with Gasteiger partial charge in [-0.1, -0.05) is 0 Å². The van der Waals surface area contributed by atoms with Crippen molar-refractivity contribution in [2.75, 3.05) is 0 Å². The van der Waals surface area contributed by atoms with Crippen LogP contribution in [0.5, 0.6) is 0 Å². The van der Waals surface area contributed by atoms with Crippen molar-refractivity contribution in [2.45, 2.75) is 0 Å². The first-order chi connectivity index (χ1) is 9.41. The van der Waals surface area contributed by atoms with Gasteiger partial charge in [0.2, 0.25) is 5.69 Å². The van der Waals surface area contributed by atoms with Gasteiger partial charge in [-0.15, -0.1) is 0 Å². The standard InChI is InChI=1S/C9H5N5O6/c15-12(16)6-3-7(13(17)18)9(8(4-6)14(19)20)11-2-1-10-5-11/h1-5H. The number of nitrogens with zero attached hydrogens (tertiary/aromatic N) is 5. The van der Waals surface area contributed by atoms with E-state index in [-0.39, 0.29) is 5.69 Å². The third-order valence-corrected chi connectivity index (χ3v) is 2.42. The minimum Gasteiger partial charge on any atom is -0.294 e. The highest BCUT2D eigenvalue weighted by Crippen LogP contribution is 2.36. The minimum atomic E-state index is -0.933. The lowest BCUT2D eigenvalue weighted by Gasteiger charge is -2.04. The first-order valence-electron chi connectivity index (χ1n) is 5.01. The van der Waals surface area contributed by atoms with Crippen molar-refractivity contribution in [1.82, 2.24) is 9.55 Å². The first kappa shape index (κ1) is 13.1. The fraction of sp³-hybridized carbons (Fsp3) is 0. The molecule has 11 heteroatoms. The Kier molecular flexibility index (Phi) is 3.08. The second kappa shape index (κ2) is 4.72. The molecule has 0 aliphatic carbocycles. The molecule has 0 atom stereocenters. The summed E-state index contributed by atoms with van der Waals surface area (Å²) >= 11 is 0. The van der Waals surface area contributed by atoms with E-state index in [4.69, 9.17) is 0 Å². The van der Waals surface area contributed by atoms with Crippen LogP contribution < -0.4 is 0 Å². The summed E-state index contributed by atoms with van der Waals surface area (Å²) in [5.74, 6) is 0. The van der Waals surface area contributed by atoms with Crippen LogP contribution in [0.2, 0.25) is 0 Å². The highest BCUT2D eigenvalue weighted by Gasteiger charge is 2.31. The fourth-order valence-electron chi connectivity index (χ4n) is 1.63. The number of hydrogen-bond donors (Lipinski definition) is 0. The Hall–Kier alpha value is -3.37. The number of nitro groups is 3. The molecule has 1 heterocycles. The topological polar surface area (TPSA) is 147 Å². The fourth-order valence-corrected chi connectivity index (χ4v) is 1.63. The van der Waals surface area contributed by atoms with Crippen LogP contribution in [0.3, 0.4) is 0 Å². The summed E-state index contributed by atoms with van der Waals surface area (Å²) in [4.78, 5) is 33.5. The Balaban J connectivity index is 2.85. The molecule has 1 aromatic carbocycles. The molecule has 1 aromatic heterocycles. The van der Waals surface area contributed by atoms with Crippen LogP contribution >= 0.6 is 0 Å². The lowest BCUT2D eigenvalue weighted by Crippen LogP contribution is -2.04. The number of rotatable bonds is 4. The maximum atomic E-state index is 11.0. The van der Waals surface area contributed by atoms with Crippen LogP contribution in [0, 0.1) is 30.3 Å².